The van der Waals surface area contributed by atoms with E-state index in [0.717, 1.165) is 63.6 Å². The Morgan fingerprint density at radius 2 is 1.21 bits per heavy atom. The van der Waals surface area contributed by atoms with Gasteiger partial charge in [0.2, 0.25) is 5.91 Å². The second kappa shape index (κ2) is 21.0. The molecule has 1 rings (SSSR count). The fraction of sp³-hybridized carbons (Fsp3) is 0.516. The number of amides is 1. The van der Waals surface area contributed by atoms with Crippen LogP contribution in [0.15, 0.2) is 72.9 Å². The van der Waals surface area contributed by atoms with Crippen LogP contribution in [0, 0.1) is 0 Å². The molecular formula is C31H47NO2. The topological polar surface area (TPSA) is 40.5 Å². The highest BCUT2D eigenvalue weighted by Crippen LogP contribution is 2.20. The lowest BCUT2D eigenvalue weighted by Gasteiger charge is -2.23. The molecule has 0 aliphatic rings. The summed E-state index contributed by atoms with van der Waals surface area (Å²) in [7, 11) is 0. The Balaban J connectivity index is 2.21. The fourth-order valence-electron chi connectivity index (χ4n) is 3.62. The second-order valence-electron chi connectivity index (χ2n) is 8.75. The summed E-state index contributed by atoms with van der Waals surface area (Å²) in [5.41, 5.74) is 0.872. The Kier molecular flexibility index (Phi) is 18.2. The lowest BCUT2D eigenvalue weighted by Crippen LogP contribution is -2.31. The van der Waals surface area contributed by atoms with E-state index in [2.05, 4.69) is 62.5 Å². The Morgan fingerprint density at radius 3 is 1.76 bits per heavy atom. The van der Waals surface area contributed by atoms with Crippen LogP contribution in [0.2, 0.25) is 0 Å². The first-order chi connectivity index (χ1) is 16.7. The third-order valence-corrected chi connectivity index (χ3v) is 5.67. The summed E-state index contributed by atoms with van der Waals surface area (Å²) in [5.74, 6) is 0.392. The van der Waals surface area contributed by atoms with Crippen molar-refractivity contribution >= 4 is 11.6 Å². The summed E-state index contributed by atoms with van der Waals surface area (Å²) in [6, 6.07) is 6.94. The summed E-state index contributed by atoms with van der Waals surface area (Å²) in [6.45, 7) is 5.14. The number of anilines is 1. The van der Waals surface area contributed by atoms with Gasteiger partial charge in [0.05, 0.1) is 0 Å². The van der Waals surface area contributed by atoms with E-state index >= 15 is 0 Å². The van der Waals surface area contributed by atoms with E-state index in [0.29, 0.717) is 6.42 Å². The first-order valence-electron chi connectivity index (χ1n) is 13.4. The number of unbranched alkanes of at least 4 members (excludes halogenated alkanes) is 6. The first-order valence-corrected chi connectivity index (χ1v) is 13.4. The summed E-state index contributed by atoms with van der Waals surface area (Å²) in [5, 5.41) is 9.54. The van der Waals surface area contributed by atoms with Crippen molar-refractivity contribution in [2.45, 2.75) is 97.3 Å². The number of aromatic hydroxyl groups is 1. The third-order valence-electron chi connectivity index (χ3n) is 5.67. The van der Waals surface area contributed by atoms with E-state index in [4.69, 9.17) is 0 Å². The van der Waals surface area contributed by atoms with Gasteiger partial charge < -0.3 is 10.0 Å². The van der Waals surface area contributed by atoms with Gasteiger partial charge in [-0.15, -0.1) is 0 Å². The molecule has 1 N–H and O–H groups in total. The number of nitrogens with zero attached hydrogens (tertiary/aromatic N) is 1. The molecule has 0 aliphatic heterocycles. The molecule has 188 valence electrons. The molecule has 0 saturated heterocycles. The first kappa shape index (κ1) is 29.5. The number of phenols is 1. The molecule has 0 radical (unpaired) electrons. The van der Waals surface area contributed by atoms with Gasteiger partial charge in [-0.3, -0.25) is 4.79 Å². The van der Waals surface area contributed by atoms with E-state index in [1.54, 1.807) is 12.1 Å². The molecule has 1 aromatic rings. The molecule has 0 aromatic heterocycles. The average Bonchev–Trinajstić information content (AvgIpc) is 2.84. The Hall–Kier alpha value is -2.55. The van der Waals surface area contributed by atoms with E-state index < -0.39 is 0 Å². The fourth-order valence-corrected chi connectivity index (χ4v) is 3.62. The number of rotatable bonds is 19. The molecule has 3 heteroatoms. The van der Waals surface area contributed by atoms with Crippen molar-refractivity contribution in [3.05, 3.63) is 72.9 Å². The minimum atomic E-state index is 0.165. The van der Waals surface area contributed by atoms with Crippen LogP contribution in [0.3, 0.4) is 0 Å². The Labute approximate surface area is 209 Å². The summed E-state index contributed by atoms with van der Waals surface area (Å²) in [4.78, 5) is 14.7. The molecule has 3 nitrogen and oxygen atoms in total. The maximum atomic E-state index is 12.8. The second-order valence-corrected chi connectivity index (χ2v) is 8.75. The Bertz CT molecular complexity index is 743. The molecule has 0 bridgehead atoms. The largest absolute Gasteiger partial charge is 0.508 e. The van der Waals surface area contributed by atoms with E-state index in [1.807, 2.05) is 17.0 Å². The van der Waals surface area contributed by atoms with Gasteiger partial charge in [0.25, 0.3) is 0 Å². The van der Waals surface area contributed by atoms with E-state index in [1.165, 1.54) is 25.7 Å². The summed E-state index contributed by atoms with van der Waals surface area (Å²) in [6.07, 6.45) is 31.4. The van der Waals surface area contributed by atoms with Crippen molar-refractivity contribution in [2.75, 3.05) is 11.4 Å². The third kappa shape index (κ3) is 15.3. The van der Waals surface area contributed by atoms with Crippen LogP contribution in [0.25, 0.3) is 0 Å². The predicted octanol–water partition coefficient (Wildman–Crippen LogP) is 9.06. The minimum absolute atomic E-state index is 0.165. The van der Waals surface area contributed by atoms with Crippen LogP contribution in [0.1, 0.15) is 97.3 Å². The van der Waals surface area contributed by atoms with Gasteiger partial charge in [-0.05, 0) is 75.6 Å². The zero-order valence-electron chi connectivity index (χ0n) is 21.6. The van der Waals surface area contributed by atoms with Crippen LogP contribution in [-0.2, 0) is 4.79 Å². The average molecular weight is 466 g/mol. The highest BCUT2D eigenvalue weighted by Gasteiger charge is 2.14. The van der Waals surface area contributed by atoms with Crippen LogP contribution in [-0.4, -0.2) is 17.6 Å². The summed E-state index contributed by atoms with van der Waals surface area (Å²) < 4.78 is 0. The van der Waals surface area contributed by atoms with Crippen molar-refractivity contribution < 1.29 is 9.90 Å². The highest BCUT2D eigenvalue weighted by molar-refractivity contribution is 5.93. The lowest BCUT2D eigenvalue weighted by atomic mass is 10.1. The zero-order chi connectivity index (χ0) is 24.7. The zero-order valence-corrected chi connectivity index (χ0v) is 21.6. The molecule has 0 spiro atoms. The Morgan fingerprint density at radius 1 is 0.706 bits per heavy atom. The van der Waals surface area contributed by atoms with Crippen molar-refractivity contribution in [1.82, 2.24) is 0 Å². The maximum Gasteiger partial charge on any atom is 0.226 e. The van der Waals surface area contributed by atoms with Crippen molar-refractivity contribution in [1.29, 1.82) is 0 Å². The standard InChI is InChI=1S/C31H47NO2/c1-3-5-7-8-9-10-11-12-13-14-15-16-17-18-19-20-21-23-31(34)32(28-22-6-4-2)29-24-26-30(33)27-25-29/h9-10,12-13,15-16,18-19,24-27,33H,3-8,11,14,17,20-23,28H2,1-2H3/b10-9-,13-12-,16-15-,19-18-. The molecule has 1 amide bonds. The van der Waals surface area contributed by atoms with Gasteiger partial charge in [0.15, 0.2) is 0 Å². The number of carbonyl (C=O) groups is 1. The normalized spacial score (nSPS) is 12.1. The SMILES string of the molecule is CCCCC/C=C\C/C=C\C/C=C\C/C=C\CCCC(=O)N(CCCCC)c1ccc(O)cc1. The van der Waals surface area contributed by atoms with Gasteiger partial charge in [0, 0.05) is 18.7 Å². The van der Waals surface area contributed by atoms with Crippen LogP contribution >= 0.6 is 0 Å². The van der Waals surface area contributed by atoms with Gasteiger partial charge in [-0.25, -0.2) is 0 Å². The number of phenolic OH excluding ortho intramolecular Hbond substituents is 1. The quantitative estimate of drug-likeness (QED) is 0.163. The van der Waals surface area contributed by atoms with Crippen LogP contribution < -0.4 is 4.90 Å². The number of allylic oxidation sites excluding steroid dienone is 8. The van der Waals surface area contributed by atoms with E-state index in [9.17, 15) is 9.90 Å². The number of benzene rings is 1. The summed E-state index contributed by atoms with van der Waals surface area (Å²) >= 11 is 0. The smallest absolute Gasteiger partial charge is 0.226 e. The maximum absolute atomic E-state index is 12.8. The predicted molar refractivity (Wildman–Crippen MR) is 148 cm³/mol. The molecule has 1 aromatic carbocycles. The van der Waals surface area contributed by atoms with Gasteiger partial charge in [-0.2, -0.15) is 0 Å². The molecule has 34 heavy (non-hydrogen) atoms. The van der Waals surface area contributed by atoms with Crippen LogP contribution in [0.4, 0.5) is 5.69 Å². The molecule has 0 heterocycles. The van der Waals surface area contributed by atoms with Gasteiger partial charge >= 0.3 is 0 Å². The van der Waals surface area contributed by atoms with Crippen molar-refractivity contribution in [2.24, 2.45) is 0 Å². The number of hydrogen-bond acceptors (Lipinski definition) is 2. The minimum Gasteiger partial charge on any atom is -0.508 e. The molecule has 0 atom stereocenters. The van der Waals surface area contributed by atoms with Gasteiger partial charge in [0.1, 0.15) is 5.75 Å². The molecule has 0 fully saturated rings. The van der Waals surface area contributed by atoms with Crippen molar-refractivity contribution in [3.8, 4) is 5.75 Å². The number of hydrogen-bond donors (Lipinski definition) is 1. The molecular weight excluding hydrogens is 418 g/mol. The van der Waals surface area contributed by atoms with Crippen LogP contribution in [0.5, 0.6) is 5.75 Å². The van der Waals surface area contributed by atoms with E-state index in [-0.39, 0.29) is 11.7 Å². The monoisotopic (exact) mass is 465 g/mol. The van der Waals surface area contributed by atoms with Gasteiger partial charge in [-0.1, -0.05) is 88.1 Å². The lowest BCUT2D eigenvalue weighted by molar-refractivity contribution is -0.118. The van der Waals surface area contributed by atoms with Crippen molar-refractivity contribution in [3.63, 3.8) is 0 Å². The molecule has 0 saturated carbocycles. The highest BCUT2D eigenvalue weighted by atomic mass is 16.3. The molecule has 0 unspecified atom stereocenters. The molecule has 0 aliphatic carbocycles. The number of carbonyl (C=O) groups excluding carboxylic acids is 1.